The minimum absolute atomic E-state index is 0.0170. The summed E-state index contributed by atoms with van der Waals surface area (Å²) in [6, 6.07) is 2.49. The van der Waals surface area contributed by atoms with Crippen LogP contribution >= 0.6 is 11.6 Å². The number of nitrogens with zero attached hydrogens (tertiary/aromatic N) is 1. The van der Waals surface area contributed by atoms with E-state index in [9.17, 15) is 18.0 Å². The van der Waals surface area contributed by atoms with E-state index in [2.05, 4.69) is 10.6 Å². The molecule has 2 aliphatic heterocycles. The second-order valence-corrected chi connectivity index (χ2v) is 6.11. The lowest BCUT2D eigenvalue weighted by atomic mass is 10.0. The van der Waals surface area contributed by atoms with Gasteiger partial charge in [0.1, 0.15) is 0 Å². The van der Waals surface area contributed by atoms with Crippen molar-refractivity contribution >= 4 is 23.3 Å². The molecule has 2 atom stereocenters. The van der Waals surface area contributed by atoms with Crippen molar-refractivity contribution in [2.75, 3.05) is 31.5 Å². The highest BCUT2D eigenvalue weighted by Crippen LogP contribution is 2.34. The van der Waals surface area contributed by atoms with Crippen LogP contribution in [0.5, 0.6) is 0 Å². The standard InChI is InChI=1S/C14H15ClF3N3O/c15-11-2-1-10(14(16,17)18)3-12(11)20-13(22)21-6-8-4-19-5-9(8)7-21/h1-3,8-9,19H,4-7H2,(H,20,22). The first-order chi connectivity index (χ1) is 10.3. The Morgan fingerprint density at radius 3 is 2.50 bits per heavy atom. The number of amides is 2. The third-order valence-electron chi connectivity index (χ3n) is 4.21. The lowest BCUT2D eigenvalue weighted by Crippen LogP contribution is -2.35. The van der Waals surface area contributed by atoms with Gasteiger partial charge in [-0.1, -0.05) is 11.6 Å². The number of carbonyl (C=O) groups is 1. The molecule has 8 heteroatoms. The molecule has 22 heavy (non-hydrogen) atoms. The van der Waals surface area contributed by atoms with Gasteiger partial charge < -0.3 is 15.5 Å². The van der Waals surface area contributed by atoms with Crippen molar-refractivity contribution in [1.29, 1.82) is 0 Å². The minimum Gasteiger partial charge on any atom is -0.324 e. The number of hydrogen-bond donors (Lipinski definition) is 2. The number of likely N-dealkylation sites (tertiary alicyclic amines) is 1. The molecular formula is C14H15ClF3N3O. The quantitative estimate of drug-likeness (QED) is 0.829. The summed E-state index contributed by atoms with van der Waals surface area (Å²) >= 11 is 5.88. The van der Waals surface area contributed by atoms with E-state index < -0.39 is 17.8 Å². The average molecular weight is 334 g/mol. The number of urea groups is 1. The van der Waals surface area contributed by atoms with Gasteiger partial charge in [0.25, 0.3) is 0 Å². The Labute approximate surface area is 130 Å². The van der Waals surface area contributed by atoms with E-state index in [1.54, 1.807) is 4.90 Å². The molecule has 3 rings (SSSR count). The molecular weight excluding hydrogens is 319 g/mol. The van der Waals surface area contributed by atoms with Gasteiger partial charge in [-0.05, 0) is 30.0 Å². The zero-order valence-corrected chi connectivity index (χ0v) is 12.3. The number of anilines is 1. The fraction of sp³-hybridized carbons (Fsp3) is 0.500. The van der Waals surface area contributed by atoms with Crippen molar-refractivity contribution in [2.45, 2.75) is 6.18 Å². The fourth-order valence-corrected chi connectivity index (χ4v) is 3.18. The molecule has 0 spiro atoms. The monoisotopic (exact) mass is 333 g/mol. The van der Waals surface area contributed by atoms with Crippen molar-refractivity contribution in [3.8, 4) is 0 Å². The first-order valence-corrected chi connectivity index (χ1v) is 7.36. The van der Waals surface area contributed by atoms with E-state index >= 15 is 0 Å². The van der Waals surface area contributed by atoms with Crippen LogP contribution in [0.25, 0.3) is 0 Å². The van der Waals surface area contributed by atoms with Crippen LogP contribution in [0.3, 0.4) is 0 Å². The van der Waals surface area contributed by atoms with E-state index in [0.29, 0.717) is 24.9 Å². The molecule has 1 aromatic rings. The third kappa shape index (κ3) is 3.01. The summed E-state index contributed by atoms with van der Waals surface area (Å²) in [6.07, 6.45) is -4.47. The maximum atomic E-state index is 12.7. The first-order valence-electron chi connectivity index (χ1n) is 6.98. The number of hydrogen-bond acceptors (Lipinski definition) is 2. The van der Waals surface area contributed by atoms with Gasteiger partial charge in [-0.15, -0.1) is 0 Å². The second-order valence-electron chi connectivity index (χ2n) is 5.71. The highest BCUT2D eigenvalue weighted by atomic mass is 35.5. The Morgan fingerprint density at radius 1 is 1.27 bits per heavy atom. The normalized spacial score (nSPS) is 24.5. The van der Waals surface area contributed by atoms with E-state index in [1.165, 1.54) is 0 Å². The van der Waals surface area contributed by atoms with Gasteiger partial charge in [0.05, 0.1) is 16.3 Å². The summed E-state index contributed by atoms with van der Waals surface area (Å²) in [4.78, 5) is 13.8. The summed E-state index contributed by atoms with van der Waals surface area (Å²) < 4.78 is 38.2. The predicted octanol–water partition coefficient (Wildman–Crippen LogP) is 3.04. The molecule has 2 N–H and O–H groups in total. The number of halogens is 4. The molecule has 2 saturated heterocycles. The Hall–Kier alpha value is -1.47. The Balaban J connectivity index is 1.71. The molecule has 2 heterocycles. The number of rotatable bonds is 1. The largest absolute Gasteiger partial charge is 0.416 e. The van der Waals surface area contributed by atoms with Crippen LogP contribution in [0.2, 0.25) is 5.02 Å². The SMILES string of the molecule is O=C(Nc1cc(C(F)(F)F)ccc1Cl)N1CC2CNCC2C1. The minimum atomic E-state index is -4.47. The van der Waals surface area contributed by atoms with Crippen LogP contribution in [0, 0.1) is 11.8 Å². The number of nitrogens with one attached hydrogen (secondary N) is 2. The van der Waals surface area contributed by atoms with Crippen LogP contribution in [0.1, 0.15) is 5.56 Å². The van der Waals surface area contributed by atoms with Crippen molar-refractivity contribution in [3.05, 3.63) is 28.8 Å². The molecule has 2 amide bonds. The molecule has 0 radical (unpaired) electrons. The van der Waals surface area contributed by atoms with E-state index in [4.69, 9.17) is 11.6 Å². The van der Waals surface area contributed by atoms with Crippen LogP contribution in [-0.4, -0.2) is 37.1 Å². The van der Waals surface area contributed by atoms with Crippen molar-refractivity contribution < 1.29 is 18.0 Å². The summed E-state index contributed by atoms with van der Waals surface area (Å²) in [5.74, 6) is 0.838. The van der Waals surface area contributed by atoms with Crippen LogP contribution in [0.15, 0.2) is 18.2 Å². The summed E-state index contributed by atoms with van der Waals surface area (Å²) in [5, 5.41) is 5.84. The Kier molecular flexibility index (Phi) is 3.94. The number of benzene rings is 1. The molecule has 0 bridgehead atoms. The molecule has 2 fully saturated rings. The van der Waals surface area contributed by atoms with Gasteiger partial charge in [-0.2, -0.15) is 13.2 Å². The van der Waals surface area contributed by atoms with Crippen molar-refractivity contribution in [3.63, 3.8) is 0 Å². The second kappa shape index (κ2) is 5.62. The van der Waals surface area contributed by atoms with Gasteiger partial charge >= 0.3 is 12.2 Å². The number of carbonyl (C=O) groups excluding carboxylic acids is 1. The lowest BCUT2D eigenvalue weighted by Gasteiger charge is -2.19. The smallest absolute Gasteiger partial charge is 0.324 e. The molecule has 2 aliphatic rings. The Morgan fingerprint density at radius 2 is 1.91 bits per heavy atom. The van der Waals surface area contributed by atoms with E-state index in [0.717, 1.165) is 31.3 Å². The summed E-state index contributed by atoms with van der Waals surface area (Å²) in [7, 11) is 0. The average Bonchev–Trinajstić information content (AvgIpc) is 3.00. The highest BCUT2D eigenvalue weighted by molar-refractivity contribution is 6.33. The van der Waals surface area contributed by atoms with Crippen LogP contribution in [-0.2, 0) is 6.18 Å². The van der Waals surface area contributed by atoms with Gasteiger partial charge in [0.15, 0.2) is 0 Å². The van der Waals surface area contributed by atoms with Crippen molar-refractivity contribution in [2.24, 2.45) is 11.8 Å². The van der Waals surface area contributed by atoms with Gasteiger partial charge in [0, 0.05) is 26.2 Å². The third-order valence-corrected chi connectivity index (χ3v) is 4.54. The van der Waals surface area contributed by atoms with Crippen LogP contribution in [0.4, 0.5) is 23.7 Å². The Bertz CT molecular complexity index is 581. The molecule has 0 aromatic heterocycles. The number of fused-ring (bicyclic) bond motifs is 1. The predicted molar refractivity (Wildman–Crippen MR) is 76.9 cm³/mol. The summed E-state index contributed by atoms with van der Waals surface area (Å²) in [5.41, 5.74) is -0.855. The highest BCUT2D eigenvalue weighted by Gasteiger charge is 2.38. The molecule has 120 valence electrons. The molecule has 0 aliphatic carbocycles. The molecule has 0 saturated carbocycles. The van der Waals surface area contributed by atoms with Crippen molar-refractivity contribution in [1.82, 2.24) is 10.2 Å². The number of alkyl halides is 3. The zero-order valence-electron chi connectivity index (χ0n) is 11.6. The molecule has 1 aromatic carbocycles. The molecule has 4 nitrogen and oxygen atoms in total. The first kappa shape index (κ1) is 15.4. The van der Waals surface area contributed by atoms with E-state index in [1.807, 2.05) is 0 Å². The zero-order chi connectivity index (χ0) is 15.9. The lowest BCUT2D eigenvalue weighted by molar-refractivity contribution is -0.137. The maximum Gasteiger partial charge on any atom is 0.416 e. The maximum absolute atomic E-state index is 12.7. The van der Waals surface area contributed by atoms with E-state index in [-0.39, 0.29) is 10.7 Å². The summed E-state index contributed by atoms with van der Waals surface area (Å²) in [6.45, 7) is 2.97. The van der Waals surface area contributed by atoms with Crippen LogP contribution < -0.4 is 10.6 Å². The van der Waals surface area contributed by atoms with Gasteiger partial charge in [0.2, 0.25) is 0 Å². The van der Waals surface area contributed by atoms with Gasteiger partial charge in [-0.25, -0.2) is 4.79 Å². The topological polar surface area (TPSA) is 44.4 Å². The van der Waals surface area contributed by atoms with Gasteiger partial charge in [-0.3, -0.25) is 0 Å². The molecule has 2 unspecified atom stereocenters. The fourth-order valence-electron chi connectivity index (χ4n) is 3.01.